The second kappa shape index (κ2) is 22.1. The second-order valence-electron chi connectivity index (χ2n) is 20.6. The standard InChI is InChI=1S/C36H22N4O2.C23H14N2O2.C13H9BrN2.CH4.B.H2/c1-4-13-31-26(10-1)27-17-16-25(41-24-9-7-8-23(18-24)39-22-38-30-12-3-5-14-32(30)39)19-33(27)40(31)36-20-35-29(21-37-36)28-11-2-6-15-34(28)42-35;26-14-9-10-16-15-5-1-3-7-19(15)25(20(16)11-14)23-12-22-18(13-24-23)17-6-2-4-8-21(17)27-22;14-10-4-3-5-11(8-10)16-9-15-12-6-1-2-7-13(12)16;;;/h1-22H;1-13,26H;1-9H;1H4;;1H/i;;;;;1+1. The van der Waals surface area contributed by atoms with E-state index in [4.69, 9.17) is 23.5 Å². The molecule has 87 heavy (non-hydrogen) atoms. The molecule has 0 unspecified atom stereocenters. The summed E-state index contributed by atoms with van der Waals surface area (Å²) in [6, 6.07) is 80.7. The van der Waals surface area contributed by atoms with E-state index < -0.39 is 0 Å². The molecule has 0 fully saturated rings. The topological polar surface area (TPSA) is 127 Å². The molecule has 12 nitrogen and oxygen atoms in total. The predicted octanol–water partition coefficient (Wildman–Crippen LogP) is 19.3. The average molecular weight is 1200 g/mol. The molecule has 18 rings (SSSR count). The quantitative estimate of drug-likeness (QED) is 0.163. The van der Waals surface area contributed by atoms with E-state index in [1.165, 1.54) is 0 Å². The number of hydrogen-bond acceptors (Lipinski definition) is 8. The third-order valence-electron chi connectivity index (χ3n) is 15.6. The molecule has 0 atom stereocenters. The van der Waals surface area contributed by atoms with Crippen LogP contribution in [0.3, 0.4) is 0 Å². The first-order chi connectivity index (χ1) is 41.9. The Morgan fingerprint density at radius 2 is 0.816 bits per heavy atom. The van der Waals surface area contributed by atoms with Crippen molar-refractivity contribution in [3.05, 3.63) is 272 Å². The van der Waals surface area contributed by atoms with Gasteiger partial charge in [-0.1, -0.05) is 133 Å². The van der Waals surface area contributed by atoms with Gasteiger partial charge in [-0.2, -0.15) is 0 Å². The zero-order valence-electron chi connectivity index (χ0n) is 45.6. The number of fused-ring (bicyclic) bond motifs is 14. The number of nitrogens with zero attached hydrogens (tertiary/aromatic N) is 8. The zero-order valence-corrected chi connectivity index (χ0v) is 47.2. The van der Waals surface area contributed by atoms with E-state index in [9.17, 15) is 5.11 Å². The minimum absolute atomic E-state index is 0. The first-order valence-corrected chi connectivity index (χ1v) is 28.4. The summed E-state index contributed by atoms with van der Waals surface area (Å²) in [7, 11) is 0. The Morgan fingerprint density at radius 1 is 0.368 bits per heavy atom. The molecule has 10 aromatic carbocycles. The van der Waals surface area contributed by atoms with Crippen molar-refractivity contribution in [2.24, 2.45) is 0 Å². The lowest BCUT2D eigenvalue weighted by atomic mass is 10.1. The lowest BCUT2D eigenvalue weighted by molar-refractivity contribution is 0.476. The van der Waals surface area contributed by atoms with Crippen molar-refractivity contribution in [1.29, 1.82) is 0 Å². The Kier molecular flexibility index (Phi) is 13.6. The molecular formula is C73H51BBrN8O4. The van der Waals surface area contributed by atoms with Gasteiger partial charge < -0.3 is 18.7 Å². The first kappa shape index (κ1) is 53.8. The van der Waals surface area contributed by atoms with E-state index in [2.05, 4.69) is 129 Å². The molecule has 8 heterocycles. The largest absolute Gasteiger partial charge is 0.508 e. The van der Waals surface area contributed by atoms with Crippen molar-refractivity contribution in [3.8, 4) is 40.3 Å². The van der Waals surface area contributed by atoms with Gasteiger partial charge in [0, 0.05) is 106 Å². The second-order valence-corrected chi connectivity index (χ2v) is 21.6. The van der Waals surface area contributed by atoms with Crippen molar-refractivity contribution in [3.63, 3.8) is 0 Å². The minimum Gasteiger partial charge on any atom is -0.508 e. The van der Waals surface area contributed by atoms with Crippen LogP contribution in [0.4, 0.5) is 0 Å². The fourth-order valence-corrected chi connectivity index (χ4v) is 12.1. The highest BCUT2D eigenvalue weighted by atomic mass is 79.9. The van der Waals surface area contributed by atoms with Crippen LogP contribution in [-0.4, -0.2) is 51.7 Å². The molecule has 0 amide bonds. The number of halogens is 1. The van der Waals surface area contributed by atoms with Gasteiger partial charge in [0.25, 0.3) is 0 Å². The van der Waals surface area contributed by atoms with Crippen LogP contribution in [0.15, 0.2) is 281 Å². The summed E-state index contributed by atoms with van der Waals surface area (Å²) in [6.07, 6.45) is 7.47. The molecular weight excluding hydrogens is 1140 g/mol. The number of imidazole rings is 2. The molecule has 3 radical (unpaired) electrons. The number of para-hydroxylation sites is 8. The molecule has 1 N–H and O–H groups in total. The van der Waals surface area contributed by atoms with Crippen molar-refractivity contribution in [1.82, 2.24) is 38.2 Å². The van der Waals surface area contributed by atoms with Gasteiger partial charge in [0.2, 0.25) is 0 Å². The number of aromatic hydroxyl groups is 1. The molecule has 18 aromatic rings. The molecule has 0 spiro atoms. The summed E-state index contributed by atoms with van der Waals surface area (Å²) in [5.74, 6) is 3.27. The molecule has 14 heteroatoms. The number of furan rings is 2. The van der Waals surface area contributed by atoms with Gasteiger partial charge in [0.15, 0.2) is 0 Å². The lowest BCUT2D eigenvalue weighted by Gasteiger charge is -2.11. The van der Waals surface area contributed by atoms with Crippen LogP contribution in [0, 0.1) is 0 Å². The van der Waals surface area contributed by atoms with Gasteiger partial charge in [-0.25, -0.2) is 19.9 Å². The highest BCUT2D eigenvalue weighted by Gasteiger charge is 2.19. The van der Waals surface area contributed by atoms with Crippen LogP contribution in [0.1, 0.15) is 8.85 Å². The van der Waals surface area contributed by atoms with E-state index >= 15 is 0 Å². The molecule has 8 aromatic heterocycles. The van der Waals surface area contributed by atoms with Crippen LogP contribution < -0.4 is 4.74 Å². The van der Waals surface area contributed by atoms with Crippen molar-refractivity contribution in [2.75, 3.05) is 0 Å². The number of aromatic nitrogens is 8. The Balaban J connectivity index is 0.000000133. The van der Waals surface area contributed by atoms with E-state index in [-0.39, 0.29) is 23.0 Å². The van der Waals surface area contributed by atoms with Gasteiger partial charge in [-0.05, 0) is 103 Å². The molecule has 0 saturated carbocycles. The van der Waals surface area contributed by atoms with E-state index in [1.807, 2.05) is 171 Å². The normalized spacial score (nSPS) is 11.4. The van der Waals surface area contributed by atoms with Crippen LogP contribution in [0.5, 0.6) is 17.2 Å². The average Bonchev–Trinajstić information content (AvgIpc) is 3.15. The van der Waals surface area contributed by atoms with Gasteiger partial charge in [0.1, 0.15) is 63.9 Å². The molecule has 417 valence electrons. The molecule has 0 aliphatic carbocycles. The Bertz CT molecular complexity index is 5630. The minimum atomic E-state index is 0. The Labute approximate surface area is 509 Å². The maximum atomic E-state index is 10.0. The van der Waals surface area contributed by atoms with Crippen molar-refractivity contribution < 1.29 is 20.1 Å². The summed E-state index contributed by atoms with van der Waals surface area (Å²) in [6.45, 7) is 0. The summed E-state index contributed by atoms with van der Waals surface area (Å²) < 4.78 is 28.2. The third kappa shape index (κ3) is 9.45. The first-order valence-electron chi connectivity index (χ1n) is 27.6. The summed E-state index contributed by atoms with van der Waals surface area (Å²) >= 11 is 3.48. The number of pyridine rings is 2. The fourth-order valence-electron chi connectivity index (χ4n) is 11.7. The SMILES string of the molecule is Brc1cccc(-n2cnc3ccccc32)c1.C.Oc1ccc2c3ccccc3n(-c3cc4oc5ccccc5c4cn3)c2c1.[2HH].[B].c1cc(Oc2ccc3c4ccccc4n(-c4cc5oc6ccccc6c5cn4)c3c2)cc(-n2cnc3ccccc32)c1. The number of hydrogen-bond donors (Lipinski definition) is 1. The summed E-state index contributed by atoms with van der Waals surface area (Å²) in [5, 5.41) is 18.7. The maximum Gasteiger partial charge on any atom is 0.141 e. The van der Waals surface area contributed by atoms with E-state index in [0.29, 0.717) is 0 Å². The zero-order chi connectivity index (χ0) is 56.5. The van der Waals surface area contributed by atoms with Crippen LogP contribution in [-0.2, 0) is 0 Å². The Hall–Kier alpha value is -11.2. The van der Waals surface area contributed by atoms with Gasteiger partial charge in [-0.15, -0.1) is 0 Å². The highest BCUT2D eigenvalue weighted by molar-refractivity contribution is 9.10. The van der Waals surface area contributed by atoms with Crippen molar-refractivity contribution >= 4 is 134 Å². The third-order valence-corrected chi connectivity index (χ3v) is 16.1. The van der Waals surface area contributed by atoms with Crippen LogP contribution in [0.25, 0.3) is 133 Å². The summed E-state index contributed by atoms with van der Waals surface area (Å²) in [5.41, 5.74) is 13.6. The summed E-state index contributed by atoms with van der Waals surface area (Å²) in [4.78, 5) is 18.5. The Morgan fingerprint density at radius 3 is 1.38 bits per heavy atom. The van der Waals surface area contributed by atoms with E-state index in [1.54, 1.807) is 12.1 Å². The van der Waals surface area contributed by atoms with E-state index in [0.717, 1.165) is 149 Å². The lowest BCUT2D eigenvalue weighted by Crippen LogP contribution is -1.97. The molecule has 0 aliphatic heterocycles. The highest BCUT2D eigenvalue weighted by Crippen LogP contribution is 2.39. The molecule has 0 bridgehead atoms. The number of phenolic OH excluding ortho intramolecular Hbond substituents is 1. The predicted molar refractivity (Wildman–Crippen MR) is 358 cm³/mol. The maximum absolute atomic E-state index is 10.0. The van der Waals surface area contributed by atoms with Crippen LogP contribution in [0.2, 0.25) is 0 Å². The number of phenols is 1. The smallest absolute Gasteiger partial charge is 0.141 e. The molecule has 0 aliphatic rings. The van der Waals surface area contributed by atoms with Crippen LogP contribution >= 0.6 is 15.9 Å². The number of benzene rings is 10. The van der Waals surface area contributed by atoms with Gasteiger partial charge in [0.05, 0.1) is 49.8 Å². The monoisotopic (exact) mass is 1190 g/mol. The van der Waals surface area contributed by atoms with Gasteiger partial charge in [-0.3, -0.25) is 18.3 Å². The van der Waals surface area contributed by atoms with Gasteiger partial charge >= 0.3 is 0 Å². The molecule has 0 saturated heterocycles. The number of rotatable bonds is 6. The number of ether oxygens (including phenoxy) is 1. The fraction of sp³-hybridized carbons (Fsp3) is 0.0137. The van der Waals surface area contributed by atoms with Crippen molar-refractivity contribution in [2.45, 2.75) is 7.43 Å².